The van der Waals surface area contributed by atoms with E-state index in [1.54, 1.807) is 0 Å². The normalized spacial score (nSPS) is 5.00. The SMILES string of the molecule is C=C.C=C.C=C.C=C.CCCCCN. The molecule has 0 atom stereocenters. The summed E-state index contributed by atoms with van der Waals surface area (Å²) < 4.78 is 0. The average Bonchev–Trinajstić information content (AvgIpc) is 2.36. The van der Waals surface area contributed by atoms with Gasteiger partial charge in [-0.3, -0.25) is 0 Å². The van der Waals surface area contributed by atoms with Crippen molar-refractivity contribution in [1.29, 1.82) is 0 Å². The highest BCUT2D eigenvalue weighted by atomic mass is 14.5. The largest absolute Gasteiger partial charge is 0.330 e. The molecule has 0 spiro atoms. The van der Waals surface area contributed by atoms with Crippen LogP contribution in [0.5, 0.6) is 0 Å². The van der Waals surface area contributed by atoms with Crippen LogP contribution in [0, 0.1) is 0 Å². The van der Waals surface area contributed by atoms with Gasteiger partial charge in [-0.2, -0.15) is 0 Å². The molecule has 0 unspecified atom stereocenters. The molecule has 0 aromatic carbocycles. The first kappa shape index (κ1) is 29.3. The third-order valence-corrected chi connectivity index (χ3v) is 0.808. The van der Waals surface area contributed by atoms with Gasteiger partial charge < -0.3 is 5.73 Å². The average molecular weight is 199 g/mol. The van der Waals surface area contributed by atoms with E-state index in [1.807, 2.05) is 0 Å². The molecule has 0 aromatic rings. The first-order valence-electron chi connectivity index (χ1n) is 4.62. The quantitative estimate of drug-likeness (QED) is 0.531. The molecule has 86 valence electrons. The third kappa shape index (κ3) is 292. The van der Waals surface area contributed by atoms with Gasteiger partial charge in [-0.1, -0.05) is 19.8 Å². The number of hydrogen-bond donors (Lipinski definition) is 1. The van der Waals surface area contributed by atoms with Crippen LogP contribution in [0.15, 0.2) is 52.6 Å². The maximum absolute atomic E-state index is 5.21. The van der Waals surface area contributed by atoms with Crippen molar-refractivity contribution in [1.82, 2.24) is 0 Å². The van der Waals surface area contributed by atoms with E-state index in [2.05, 4.69) is 59.6 Å². The van der Waals surface area contributed by atoms with Gasteiger partial charge in [-0.05, 0) is 13.0 Å². The molecule has 0 aliphatic heterocycles. The maximum atomic E-state index is 5.21. The van der Waals surface area contributed by atoms with E-state index < -0.39 is 0 Å². The fraction of sp³-hybridized carbons (Fsp3) is 0.385. The van der Waals surface area contributed by atoms with Gasteiger partial charge in [0.25, 0.3) is 0 Å². The smallest absolute Gasteiger partial charge is 0.00773 e. The molecule has 0 aromatic heterocycles. The van der Waals surface area contributed by atoms with Crippen LogP contribution in [0.4, 0.5) is 0 Å². The summed E-state index contributed by atoms with van der Waals surface area (Å²) in [6.07, 6.45) is 3.75. The molecule has 0 aliphatic carbocycles. The molecule has 0 heterocycles. The highest BCUT2D eigenvalue weighted by Gasteiger charge is 1.75. The van der Waals surface area contributed by atoms with E-state index in [0.717, 1.165) is 6.54 Å². The minimum Gasteiger partial charge on any atom is -0.330 e. The summed E-state index contributed by atoms with van der Waals surface area (Å²) in [7, 11) is 0. The summed E-state index contributed by atoms with van der Waals surface area (Å²) in [4.78, 5) is 0. The fourth-order valence-electron chi connectivity index (χ4n) is 0.394. The number of unbranched alkanes of at least 4 members (excludes halogenated alkanes) is 2. The van der Waals surface area contributed by atoms with Crippen LogP contribution in [0.25, 0.3) is 0 Å². The molecule has 0 aliphatic rings. The molecule has 0 saturated carbocycles. The van der Waals surface area contributed by atoms with E-state index >= 15 is 0 Å². The molecule has 0 saturated heterocycles. The van der Waals surface area contributed by atoms with Crippen LogP contribution in [0.1, 0.15) is 26.2 Å². The van der Waals surface area contributed by atoms with E-state index in [0.29, 0.717) is 0 Å². The van der Waals surface area contributed by atoms with Crippen molar-refractivity contribution >= 4 is 0 Å². The van der Waals surface area contributed by atoms with E-state index in [9.17, 15) is 0 Å². The van der Waals surface area contributed by atoms with Crippen LogP contribution in [0.3, 0.4) is 0 Å². The van der Waals surface area contributed by atoms with Gasteiger partial charge in [-0.15, -0.1) is 52.6 Å². The van der Waals surface area contributed by atoms with Gasteiger partial charge in [0.05, 0.1) is 0 Å². The molecular formula is C13H29N. The zero-order valence-corrected chi connectivity index (χ0v) is 10.1. The summed E-state index contributed by atoms with van der Waals surface area (Å²) in [5, 5.41) is 0. The van der Waals surface area contributed by atoms with Gasteiger partial charge in [0.15, 0.2) is 0 Å². The Bertz CT molecular complexity index is 41.2. The van der Waals surface area contributed by atoms with Crippen LogP contribution >= 0.6 is 0 Å². The van der Waals surface area contributed by atoms with Crippen molar-refractivity contribution < 1.29 is 0 Å². The predicted octanol–water partition coefficient (Wildman–Crippen LogP) is 4.34. The molecule has 0 amide bonds. The summed E-state index contributed by atoms with van der Waals surface area (Å²) >= 11 is 0. The Morgan fingerprint density at radius 3 is 1.07 bits per heavy atom. The Morgan fingerprint density at radius 2 is 1.00 bits per heavy atom. The standard InChI is InChI=1S/C5H13N.4C2H4/c1-2-3-4-5-6;4*1-2/h2-6H2,1H3;4*1-2H2. The Kier molecular flexibility index (Phi) is 348. The Morgan fingerprint density at radius 1 is 0.714 bits per heavy atom. The molecule has 0 rings (SSSR count). The van der Waals surface area contributed by atoms with Gasteiger partial charge in [0.2, 0.25) is 0 Å². The van der Waals surface area contributed by atoms with Crippen molar-refractivity contribution in [3.05, 3.63) is 52.6 Å². The summed E-state index contributed by atoms with van der Waals surface area (Å²) in [6, 6.07) is 0. The van der Waals surface area contributed by atoms with Crippen molar-refractivity contribution in [2.75, 3.05) is 6.54 Å². The molecule has 0 bridgehead atoms. The van der Waals surface area contributed by atoms with E-state index in [-0.39, 0.29) is 0 Å². The fourth-order valence-corrected chi connectivity index (χ4v) is 0.394. The van der Waals surface area contributed by atoms with Gasteiger partial charge >= 0.3 is 0 Å². The zero-order chi connectivity index (χ0) is 12.8. The molecule has 2 N–H and O–H groups in total. The number of hydrogen-bond acceptors (Lipinski definition) is 1. The Hall–Kier alpha value is -1.08. The van der Waals surface area contributed by atoms with E-state index in [1.165, 1.54) is 19.3 Å². The highest BCUT2D eigenvalue weighted by molar-refractivity contribution is 4.35. The van der Waals surface area contributed by atoms with Crippen LogP contribution < -0.4 is 5.73 Å². The maximum Gasteiger partial charge on any atom is -0.00773 e. The first-order valence-corrected chi connectivity index (χ1v) is 4.62. The molecule has 1 nitrogen and oxygen atoms in total. The lowest BCUT2D eigenvalue weighted by Gasteiger charge is -1.86. The lowest BCUT2D eigenvalue weighted by molar-refractivity contribution is 0.727. The summed E-state index contributed by atoms with van der Waals surface area (Å²) in [5.74, 6) is 0. The second kappa shape index (κ2) is 167. The molecule has 0 fully saturated rings. The molecule has 14 heavy (non-hydrogen) atoms. The summed E-state index contributed by atoms with van der Waals surface area (Å²) in [6.45, 7) is 27.0. The lowest BCUT2D eigenvalue weighted by Crippen LogP contribution is -1.96. The molecular weight excluding hydrogens is 170 g/mol. The third-order valence-electron chi connectivity index (χ3n) is 0.808. The minimum atomic E-state index is 0.855. The number of nitrogens with two attached hydrogens (primary N) is 1. The second-order valence-corrected chi connectivity index (χ2v) is 1.50. The van der Waals surface area contributed by atoms with Crippen LogP contribution in [-0.2, 0) is 0 Å². The Balaban J connectivity index is -0.0000000287. The van der Waals surface area contributed by atoms with E-state index in [4.69, 9.17) is 5.73 Å². The van der Waals surface area contributed by atoms with Crippen molar-refractivity contribution in [3.63, 3.8) is 0 Å². The predicted molar refractivity (Wildman–Crippen MR) is 73.6 cm³/mol. The Labute approximate surface area is 91.7 Å². The monoisotopic (exact) mass is 199 g/mol. The van der Waals surface area contributed by atoms with Gasteiger partial charge in [-0.25, -0.2) is 0 Å². The van der Waals surface area contributed by atoms with Gasteiger partial charge in [0.1, 0.15) is 0 Å². The number of rotatable bonds is 3. The van der Waals surface area contributed by atoms with Crippen molar-refractivity contribution in [3.8, 4) is 0 Å². The highest BCUT2D eigenvalue weighted by Crippen LogP contribution is 1.88. The minimum absolute atomic E-state index is 0.855. The van der Waals surface area contributed by atoms with Gasteiger partial charge in [0, 0.05) is 0 Å². The first-order chi connectivity index (χ1) is 6.91. The molecule has 0 radical (unpaired) electrons. The van der Waals surface area contributed by atoms with Crippen LogP contribution in [0.2, 0.25) is 0 Å². The molecule has 1 heteroatoms. The summed E-state index contributed by atoms with van der Waals surface area (Å²) in [5.41, 5.74) is 5.21. The second-order valence-electron chi connectivity index (χ2n) is 1.50. The van der Waals surface area contributed by atoms with Crippen LogP contribution in [-0.4, -0.2) is 6.54 Å². The van der Waals surface area contributed by atoms with Crippen molar-refractivity contribution in [2.24, 2.45) is 5.73 Å². The zero-order valence-electron chi connectivity index (χ0n) is 10.1. The topological polar surface area (TPSA) is 26.0 Å². The lowest BCUT2D eigenvalue weighted by atomic mass is 10.3. The van der Waals surface area contributed by atoms with Crippen molar-refractivity contribution in [2.45, 2.75) is 26.2 Å².